The van der Waals surface area contributed by atoms with Crippen molar-refractivity contribution in [3.63, 3.8) is 0 Å². The van der Waals surface area contributed by atoms with Gasteiger partial charge in [-0.05, 0) is 44.8 Å². The van der Waals surface area contributed by atoms with Crippen molar-refractivity contribution in [2.75, 3.05) is 39.3 Å². The molecule has 0 aromatic rings. The molecular formula is C12H23N3O. The van der Waals surface area contributed by atoms with E-state index >= 15 is 0 Å². The molecule has 0 radical (unpaired) electrons. The van der Waals surface area contributed by atoms with Crippen molar-refractivity contribution in [3.8, 4) is 0 Å². The molecule has 1 N–H and O–H groups in total. The van der Waals surface area contributed by atoms with Gasteiger partial charge in [-0.2, -0.15) is 0 Å². The van der Waals surface area contributed by atoms with Crippen LogP contribution in [0.25, 0.3) is 0 Å². The lowest BCUT2D eigenvalue weighted by molar-refractivity contribution is 0.156. The first-order valence-corrected chi connectivity index (χ1v) is 6.54. The number of piperidine rings is 1. The van der Waals surface area contributed by atoms with Crippen molar-refractivity contribution in [3.05, 3.63) is 0 Å². The Morgan fingerprint density at radius 3 is 2.62 bits per heavy atom. The number of nitrogens with one attached hydrogen (secondary N) is 1. The second kappa shape index (κ2) is 5.53. The molecule has 0 unspecified atom stereocenters. The van der Waals surface area contributed by atoms with Crippen molar-refractivity contribution < 1.29 is 4.79 Å². The number of urea groups is 1. The first-order valence-electron chi connectivity index (χ1n) is 6.54. The van der Waals surface area contributed by atoms with Gasteiger partial charge in [-0.25, -0.2) is 4.79 Å². The number of carbonyl (C=O) groups is 1. The highest BCUT2D eigenvalue weighted by Gasteiger charge is 2.25. The molecule has 2 saturated heterocycles. The molecule has 0 aliphatic carbocycles. The summed E-state index contributed by atoms with van der Waals surface area (Å²) in [6, 6.07) is 0.135. The third-order valence-electron chi connectivity index (χ3n) is 3.67. The molecule has 2 fully saturated rings. The molecule has 16 heavy (non-hydrogen) atoms. The van der Waals surface area contributed by atoms with Crippen molar-refractivity contribution in [1.82, 2.24) is 15.1 Å². The molecule has 2 rings (SSSR count). The van der Waals surface area contributed by atoms with Crippen molar-refractivity contribution in [1.29, 1.82) is 0 Å². The van der Waals surface area contributed by atoms with Crippen LogP contribution in [0.15, 0.2) is 0 Å². The third-order valence-corrected chi connectivity index (χ3v) is 3.67. The van der Waals surface area contributed by atoms with E-state index in [1.807, 2.05) is 4.90 Å². The summed E-state index contributed by atoms with van der Waals surface area (Å²) in [6.07, 6.45) is 3.76. The van der Waals surface area contributed by atoms with Crippen molar-refractivity contribution in [2.45, 2.75) is 26.2 Å². The minimum atomic E-state index is 0.135. The Morgan fingerprint density at radius 1 is 1.31 bits per heavy atom. The topological polar surface area (TPSA) is 35.6 Å². The van der Waals surface area contributed by atoms with E-state index in [4.69, 9.17) is 0 Å². The Hall–Kier alpha value is -0.770. The molecule has 0 aromatic carbocycles. The Bertz CT molecular complexity index is 236. The lowest BCUT2D eigenvalue weighted by Gasteiger charge is -2.33. The molecule has 4 heteroatoms. The van der Waals surface area contributed by atoms with Gasteiger partial charge in [0, 0.05) is 19.6 Å². The van der Waals surface area contributed by atoms with Crippen LogP contribution in [-0.2, 0) is 0 Å². The summed E-state index contributed by atoms with van der Waals surface area (Å²) in [5.41, 5.74) is 0. The van der Waals surface area contributed by atoms with Gasteiger partial charge in [0.15, 0.2) is 0 Å². The quantitative estimate of drug-likeness (QED) is 0.778. The van der Waals surface area contributed by atoms with Crippen LogP contribution in [0.3, 0.4) is 0 Å². The zero-order valence-electron chi connectivity index (χ0n) is 10.2. The number of likely N-dealkylation sites (tertiary alicyclic amines) is 1. The fraction of sp³-hybridized carbons (Fsp3) is 0.917. The summed E-state index contributed by atoms with van der Waals surface area (Å²) in [6.45, 7) is 8.59. The maximum absolute atomic E-state index is 11.4. The molecule has 0 bridgehead atoms. The van der Waals surface area contributed by atoms with E-state index in [0.717, 1.165) is 25.6 Å². The number of rotatable bonds is 4. The van der Waals surface area contributed by atoms with Gasteiger partial charge >= 0.3 is 6.03 Å². The predicted molar refractivity (Wildman–Crippen MR) is 64.4 cm³/mol. The first-order chi connectivity index (χ1) is 7.79. The number of amides is 2. The molecule has 0 atom stereocenters. The average molecular weight is 225 g/mol. The largest absolute Gasteiger partial charge is 0.336 e. The summed E-state index contributed by atoms with van der Waals surface area (Å²) in [4.78, 5) is 15.9. The summed E-state index contributed by atoms with van der Waals surface area (Å²) < 4.78 is 0. The fourth-order valence-corrected chi connectivity index (χ4v) is 2.71. The van der Waals surface area contributed by atoms with Crippen LogP contribution in [-0.4, -0.2) is 55.1 Å². The van der Waals surface area contributed by atoms with E-state index < -0.39 is 0 Å². The van der Waals surface area contributed by atoms with Gasteiger partial charge in [-0.15, -0.1) is 0 Å². The van der Waals surface area contributed by atoms with E-state index in [2.05, 4.69) is 17.1 Å². The summed E-state index contributed by atoms with van der Waals surface area (Å²) >= 11 is 0. The number of carbonyl (C=O) groups excluding carboxylic acids is 1. The van der Waals surface area contributed by atoms with Crippen LogP contribution in [0.1, 0.15) is 26.2 Å². The lowest BCUT2D eigenvalue weighted by atomic mass is 9.96. The number of hydrogen-bond donors (Lipinski definition) is 1. The highest BCUT2D eigenvalue weighted by Crippen LogP contribution is 2.19. The Kier molecular flexibility index (Phi) is 4.04. The zero-order valence-corrected chi connectivity index (χ0v) is 10.2. The monoisotopic (exact) mass is 225 g/mol. The van der Waals surface area contributed by atoms with Crippen LogP contribution in [0.5, 0.6) is 0 Å². The van der Waals surface area contributed by atoms with Gasteiger partial charge in [-0.1, -0.05) is 6.92 Å². The molecule has 2 aliphatic heterocycles. The van der Waals surface area contributed by atoms with Crippen LogP contribution < -0.4 is 5.32 Å². The third kappa shape index (κ3) is 2.88. The van der Waals surface area contributed by atoms with E-state index in [1.54, 1.807) is 0 Å². The maximum atomic E-state index is 11.4. The number of hydrogen-bond acceptors (Lipinski definition) is 2. The van der Waals surface area contributed by atoms with Crippen molar-refractivity contribution >= 4 is 6.03 Å². The molecule has 0 aromatic heterocycles. The van der Waals surface area contributed by atoms with Gasteiger partial charge in [0.05, 0.1) is 0 Å². The Labute approximate surface area is 98.0 Å². The SMILES string of the molecule is CCCN1CCC(CN2CCNC2=O)CC1. The molecule has 92 valence electrons. The maximum Gasteiger partial charge on any atom is 0.317 e. The molecule has 4 nitrogen and oxygen atoms in total. The van der Waals surface area contributed by atoms with Crippen molar-refractivity contribution in [2.24, 2.45) is 5.92 Å². The second-order valence-electron chi connectivity index (χ2n) is 4.96. The molecule has 2 aliphatic rings. The van der Waals surface area contributed by atoms with Crippen LogP contribution >= 0.6 is 0 Å². The molecule has 2 amide bonds. The minimum Gasteiger partial charge on any atom is -0.336 e. The Morgan fingerprint density at radius 2 is 2.06 bits per heavy atom. The summed E-state index contributed by atoms with van der Waals surface area (Å²) in [7, 11) is 0. The first kappa shape index (κ1) is 11.7. The van der Waals surface area contributed by atoms with Crippen LogP contribution in [0.2, 0.25) is 0 Å². The minimum absolute atomic E-state index is 0.135. The van der Waals surface area contributed by atoms with E-state index in [1.165, 1.54) is 38.9 Å². The Balaban J connectivity index is 1.70. The fourth-order valence-electron chi connectivity index (χ4n) is 2.71. The molecular weight excluding hydrogens is 202 g/mol. The zero-order chi connectivity index (χ0) is 11.4. The lowest BCUT2D eigenvalue weighted by Crippen LogP contribution is -2.40. The summed E-state index contributed by atoms with van der Waals surface area (Å²) in [5.74, 6) is 0.719. The summed E-state index contributed by atoms with van der Waals surface area (Å²) in [5, 5.41) is 2.86. The normalized spacial score (nSPS) is 23.8. The van der Waals surface area contributed by atoms with E-state index in [0.29, 0.717) is 0 Å². The van der Waals surface area contributed by atoms with E-state index in [9.17, 15) is 4.79 Å². The van der Waals surface area contributed by atoms with Gasteiger partial charge in [0.25, 0.3) is 0 Å². The predicted octanol–water partition coefficient (Wildman–Crippen LogP) is 1.13. The molecule has 0 saturated carbocycles. The van der Waals surface area contributed by atoms with Gasteiger partial charge in [0.2, 0.25) is 0 Å². The van der Waals surface area contributed by atoms with Gasteiger partial charge < -0.3 is 15.1 Å². The van der Waals surface area contributed by atoms with Crippen LogP contribution in [0.4, 0.5) is 4.79 Å². The van der Waals surface area contributed by atoms with Gasteiger partial charge in [-0.3, -0.25) is 0 Å². The highest BCUT2D eigenvalue weighted by molar-refractivity contribution is 5.76. The average Bonchev–Trinajstić information content (AvgIpc) is 2.68. The van der Waals surface area contributed by atoms with E-state index in [-0.39, 0.29) is 6.03 Å². The molecule has 0 spiro atoms. The second-order valence-corrected chi connectivity index (χ2v) is 4.96. The van der Waals surface area contributed by atoms with Crippen LogP contribution in [0, 0.1) is 5.92 Å². The number of nitrogens with zero attached hydrogens (tertiary/aromatic N) is 2. The molecule has 2 heterocycles. The smallest absolute Gasteiger partial charge is 0.317 e. The van der Waals surface area contributed by atoms with Gasteiger partial charge in [0.1, 0.15) is 0 Å². The standard InChI is InChI=1S/C12H23N3O/c1-2-6-14-7-3-11(4-8-14)10-15-9-5-13-12(15)16/h11H,2-10H2,1H3,(H,13,16). The highest BCUT2D eigenvalue weighted by atomic mass is 16.2.